The molecule has 10 heteroatoms. The van der Waals surface area contributed by atoms with Crippen LogP contribution < -0.4 is 9.64 Å². The number of aryl methyl sites for hydroxylation is 1. The van der Waals surface area contributed by atoms with Crippen LogP contribution in [0.4, 0.5) is 19.0 Å². The molecule has 6 nitrogen and oxygen atoms in total. The van der Waals surface area contributed by atoms with Crippen LogP contribution in [0.3, 0.4) is 0 Å². The van der Waals surface area contributed by atoms with E-state index in [-0.39, 0.29) is 11.3 Å². The number of pyridine rings is 1. The van der Waals surface area contributed by atoms with Crippen molar-refractivity contribution in [3.63, 3.8) is 0 Å². The number of alkyl halides is 3. The van der Waals surface area contributed by atoms with E-state index in [0.717, 1.165) is 12.5 Å². The van der Waals surface area contributed by atoms with E-state index in [0.29, 0.717) is 18.9 Å². The Balaban J connectivity index is 1.99. The summed E-state index contributed by atoms with van der Waals surface area (Å²) < 4.78 is 66.9. The molecule has 0 amide bonds. The van der Waals surface area contributed by atoms with E-state index in [1.54, 1.807) is 4.90 Å². The zero-order valence-electron chi connectivity index (χ0n) is 11.2. The second-order valence-corrected chi connectivity index (χ2v) is 6.28. The van der Waals surface area contributed by atoms with Gasteiger partial charge in [-0.2, -0.15) is 8.42 Å². The number of hydrogen-bond donors (Lipinski definition) is 0. The van der Waals surface area contributed by atoms with Gasteiger partial charge in [-0.15, -0.1) is 13.2 Å². The van der Waals surface area contributed by atoms with Crippen molar-refractivity contribution < 1.29 is 30.5 Å². The first kappa shape index (κ1) is 15.8. The smallest absolute Gasteiger partial charge is 0.404 e. The van der Waals surface area contributed by atoms with Gasteiger partial charge in [-0.25, -0.2) is 4.98 Å². The van der Waals surface area contributed by atoms with Gasteiger partial charge in [0.1, 0.15) is 11.9 Å². The van der Waals surface area contributed by atoms with E-state index in [2.05, 4.69) is 9.72 Å². The summed E-state index contributed by atoms with van der Waals surface area (Å²) in [6, 6.07) is 1.44. The highest BCUT2D eigenvalue weighted by Crippen LogP contribution is 2.29. The number of ether oxygens (including phenoxy) is 1. The molecule has 0 unspecified atom stereocenters. The normalized spacial score (nSPS) is 16.7. The van der Waals surface area contributed by atoms with Gasteiger partial charge in [0.2, 0.25) is 0 Å². The Kier molecular flexibility index (Phi) is 4.02. The Labute approximate surface area is 119 Å². The SMILES string of the molecule is Cc1cc(N2CC(OS(C)(=O)=O)C2)ncc1OC(F)(F)F. The topological polar surface area (TPSA) is 68.7 Å². The Bertz CT molecular complexity index is 627. The van der Waals surface area contributed by atoms with Gasteiger partial charge in [0.15, 0.2) is 5.75 Å². The molecular weight excluding hydrogens is 313 g/mol. The summed E-state index contributed by atoms with van der Waals surface area (Å²) in [5, 5.41) is 0. The molecule has 1 aromatic heterocycles. The van der Waals surface area contributed by atoms with Crippen LogP contribution in [0.15, 0.2) is 12.3 Å². The first-order valence-electron chi connectivity index (χ1n) is 5.89. The average Bonchev–Trinajstić information content (AvgIpc) is 2.23. The quantitative estimate of drug-likeness (QED) is 0.780. The summed E-state index contributed by atoms with van der Waals surface area (Å²) in [6.45, 7) is 2.08. The van der Waals surface area contributed by atoms with Crippen LogP contribution in [0.5, 0.6) is 5.75 Å². The molecule has 0 radical (unpaired) electrons. The van der Waals surface area contributed by atoms with E-state index in [9.17, 15) is 21.6 Å². The van der Waals surface area contributed by atoms with Crippen molar-refractivity contribution in [2.45, 2.75) is 19.4 Å². The molecule has 0 aliphatic carbocycles. The Morgan fingerprint density at radius 2 is 2.00 bits per heavy atom. The van der Waals surface area contributed by atoms with Crippen molar-refractivity contribution in [3.8, 4) is 5.75 Å². The maximum Gasteiger partial charge on any atom is 0.573 e. The largest absolute Gasteiger partial charge is 0.573 e. The maximum atomic E-state index is 12.1. The number of halogens is 3. The fourth-order valence-electron chi connectivity index (χ4n) is 1.87. The molecule has 1 aliphatic rings. The molecule has 0 atom stereocenters. The molecule has 21 heavy (non-hydrogen) atoms. The third-order valence-corrected chi connectivity index (χ3v) is 3.38. The van der Waals surface area contributed by atoms with Crippen molar-refractivity contribution in [3.05, 3.63) is 17.8 Å². The molecule has 0 N–H and O–H groups in total. The summed E-state index contributed by atoms with van der Waals surface area (Å²) in [5.74, 6) is 0.0751. The minimum atomic E-state index is -4.76. The van der Waals surface area contributed by atoms with Crippen LogP contribution in [0, 0.1) is 6.92 Å². The predicted molar refractivity (Wildman–Crippen MR) is 67.6 cm³/mol. The van der Waals surface area contributed by atoms with Crippen molar-refractivity contribution in [1.82, 2.24) is 4.98 Å². The van der Waals surface area contributed by atoms with Gasteiger partial charge < -0.3 is 9.64 Å². The van der Waals surface area contributed by atoms with Gasteiger partial charge in [-0.3, -0.25) is 4.18 Å². The lowest BCUT2D eigenvalue weighted by Crippen LogP contribution is -2.53. The summed E-state index contributed by atoms with van der Waals surface area (Å²) in [7, 11) is -3.52. The molecule has 1 fully saturated rings. The number of hydrogen-bond acceptors (Lipinski definition) is 6. The van der Waals surface area contributed by atoms with Gasteiger partial charge in [0.25, 0.3) is 10.1 Å². The summed E-state index contributed by atoms with van der Waals surface area (Å²) >= 11 is 0. The Hall–Kier alpha value is -1.55. The van der Waals surface area contributed by atoms with Gasteiger partial charge in [-0.05, 0) is 18.6 Å². The summed E-state index contributed by atoms with van der Waals surface area (Å²) in [6.07, 6.45) is -3.28. The average molecular weight is 326 g/mol. The highest BCUT2D eigenvalue weighted by Gasteiger charge is 2.34. The van der Waals surface area contributed by atoms with Gasteiger partial charge in [0.05, 0.1) is 12.5 Å². The molecule has 1 aliphatic heterocycles. The molecule has 2 rings (SSSR count). The third kappa shape index (κ3) is 4.46. The molecule has 1 saturated heterocycles. The van der Waals surface area contributed by atoms with Crippen LogP contribution >= 0.6 is 0 Å². The molecule has 0 saturated carbocycles. The van der Waals surface area contributed by atoms with Crippen LogP contribution in [0.2, 0.25) is 0 Å². The standard InChI is InChI=1S/C11H13F3N2O4S/c1-7-3-10(15-4-9(7)19-11(12,13)14)16-5-8(6-16)20-21(2,17)18/h3-4,8H,5-6H2,1-2H3. The van der Waals surface area contributed by atoms with E-state index in [1.165, 1.54) is 13.0 Å². The number of rotatable bonds is 4. The fraction of sp³-hybridized carbons (Fsp3) is 0.545. The van der Waals surface area contributed by atoms with Crippen LogP contribution in [0.1, 0.15) is 5.56 Å². The monoisotopic (exact) mass is 326 g/mol. The van der Waals surface area contributed by atoms with E-state index in [1.807, 2.05) is 0 Å². The zero-order valence-corrected chi connectivity index (χ0v) is 12.0. The molecule has 0 spiro atoms. The van der Waals surface area contributed by atoms with Gasteiger partial charge >= 0.3 is 6.36 Å². The van der Waals surface area contributed by atoms with Crippen molar-refractivity contribution in [1.29, 1.82) is 0 Å². The Morgan fingerprint density at radius 3 is 2.48 bits per heavy atom. The Morgan fingerprint density at radius 1 is 1.38 bits per heavy atom. The number of nitrogens with zero attached hydrogens (tertiary/aromatic N) is 2. The van der Waals surface area contributed by atoms with Crippen molar-refractivity contribution >= 4 is 15.9 Å². The third-order valence-electron chi connectivity index (χ3n) is 2.76. The molecule has 0 aromatic carbocycles. The van der Waals surface area contributed by atoms with Crippen LogP contribution in [0.25, 0.3) is 0 Å². The minimum Gasteiger partial charge on any atom is -0.404 e. The predicted octanol–water partition coefficient (Wildman–Crippen LogP) is 1.45. The first-order valence-corrected chi connectivity index (χ1v) is 7.71. The van der Waals surface area contributed by atoms with Crippen LogP contribution in [-0.2, 0) is 14.3 Å². The minimum absolute atomic E-state index is 0.282. The lowest BCUT2D eigenvalue weighted by atomic mass is 10.1. The number of anilines is 1. The maximum absolute atomic E-state index is 12.1. The van der Waals surface area contributed by atoms with E-state index < -0.39 is 22.6 Å². The van der Waals surface area contributed by atoms with Gasteiger partial charge in [-0.1, -0.05) is 0 Å². The summed E-state index contributed by atoms with van der Waals surface area (Å²) in [5.41, 5.74) is 0.282. The van der Waals surface area contributed by atoms with Crippen LogP contribution in [-0.4, -0.2) is 45.2 Å². The molecule has 0 bridgehead atoms. The second-order valence-electron chi connectivity index (χ2n) is 4.68. The second kappa shape index (κ2) is 5.34. The summed E-state index contributed by atoms with van der Waals surface area (Å²) in [4.78, 5) is 5.57. The molecule has 1 aromatic rings. The lowest BCUT2D eigenvalue weighted by Gasteiger charge is -2.38. The molecular formula is C11H13F3N2O4S. The fourth-order valence-corrected chi connectivity index (χ4v) is 2.48. The first-order chi connectivity index (χ1) is 9.53. The lowest BCUT2D eigenvalue weighted by molar-refractivity contribution is -0.274. The highest BCUT2D eigenvalue weighted by molar-refractivity contribution is 7.86. The van der Waals surface area contributed by atoms with Crippen molar-refractivity contribution in [2.75, 3.05) is 24.2 Å². The molecule has 118 valence electrons. The molecule has 2 heterocycles. The van der Waals surface area contributed by atoms with E-state index in [4.69, 9.17) is 4.18 Å². The number of aromatic nitrogens is 1. The zero-order chi connectivity index (χ0) is 15.8. The van der Waals surface area contributed by atoms with E-state index >= 15 is 0 Å². The highest BCUT2D eigenvalue weighted by atomic mass is 32.2. The van der Waals surface area contributed by atoms with Crippen molar-refractivity contribution in [2.24, 2.45) is 0 Å². The van der Waals surface area contributed by atoms with Gasteiger partial charge in [0, 0.05) is 13.1 Å².